The minimum atomic E-state index is -0.478. The average molecular weight is 350 g/mol. The molecule has 0 atom stereocenters. The Hall–Kier alpha value is -2.28. The molecule has 0 bridgehead atoms. The van der Waals surface area contributed by atoms with Crippen LogP contribution in [0.4, 0.5) is 10.5 Å². The van der Waals surface area contributed by atoms with Crippen molar-refractivity contribution in [3.8, 4) is 0 Å². The van der Waals surface area contributed by atoms with Crippen molar-refractivity contribution >= 4 is 17.7 Å². The number of anilines is 1. The van der Waals surface area contributed by atoms with Gasteiger partial charge in [0.05, 0.1) is 7.11 Å². The normalized spacial score (nSPS) is 11.1. The number of hydrogen-bond acceptors (Lipinski definition) is 4. The van der Waals surface area contributed by atoms with Crippen LogP contribution in [0.3, 0.4) is 0 Å². The van der Waals surface area contributed by atoms with Crippen LogP contribution in [0.1, 0.15) is 31.7 Å². The molecule has 1 aromatic rings. The second kappa shape index (κ2) is 13.1. The van der Waals surface area contributed by atoms with E-state index in [1.54, 1.807) is 7.05 Å². The fraction of sp³-hybridized carbons (Fsp3) is 0.556. The molecule has 1 amide bonds. The van der Waals surface area contributed by atoms with Crippen LogP contribution in [-0.2, 0) is 16.0 Å². The van der Waals surface area contributed by atoms with Gasteiger partial charge in [0.25, 0.3) is 0 Å². The van der Waals surface area contributed by atoms with Crippen LogP contribution in [-0.4, -0.2) is 46.0 Å². The van der Waals surface area contributed by atoms with Gasteiger partial charge in [-0.15, -0.1) is 0 Å². The van der Waals surface area contributed by atoms with E-state index in [1.807, 2.05) is 24.3 Å². The molecule has 0 saturated carbocycles. The predicted octanol–water partition coefficient (Wildman–Crippen LogP) is 2.74. The molecule has 0 fully saturated rings. The third-order valence-corrected chi connectivity index (χ3v) is 3.47. The van der Waals surface area contributed by atoms with E-state index < -0.39 is 6.09 Å². The van der Waals surface area contributed by atoms with E-state index in [4.69, 9.17) is 4.74 Å². The number of aliphatic imine (C=N–C) groups is 1. The lowest BCUT2D eigenvalue weighted by atomic mass is 10.2. The van der Waals surface area contributed by atoms with Crippen molar-refractivity contribution in [2.45, 2.75) is 32.7 Å². The Labute approximate surface area is 150 Å². The topological polar surface area (TPSA) is 84.0 Å². The standard InChI is InChI=1S/C18H30N4O3/c1-4-5-12-25-13-6-11-20-17(19-2)21-14-15-7-9-16(10-8-15)22-18(23)24-3/h7-10H,4-6,11-14H2,1-3H3,(H,22,23)(H2,19,20,21). The molecule has 0 aliphatic carbocycles. The Bertz CT molecular complexity index is 518. The maximum Gasteiger partial charge on any atom is 0.411 e. The van der Waals surface area contributed by atoms with Crippen LogP contribution < -0.4 is 16.0 Å². The second-order valence-corrected chi connectivity index (χ2v) is 5.49. The van der Waals surface area contributed by atoms with Crippen molar-refractivity contribution in [1.29, 1.82) is 0 Å². The van der Waals surface area contributed by atoms with Crippen LogP contribution >= 0.6 is 0 Å². The van der Waals surface area contributed by atoms with E-state index in [9.17, 15) is 4.79 Å². The first kappa shape index (κ1) is 20.8. The summed E-state index contributed by atoms with van der Waals surface area (Å²) >= 11 is 0. The molecule has 140 valence electrons. The largest absolute Gasteiger partial charge is 0.453 e. The van der Waals surface area contributed by atoms with Crippen molar-refractivity contribution in [3.63, 3.8) is 0 Å². The van der Waals surface area contributed by atoms with Crippen molar-refractivity contribution in [1.82, 2.24) is 10.6 Å². The molecule has 3 N–H and O–H groups in total. The summed E-state index contributed by atoms with van der Waals surface area (Å²) in [5.74, 6) is 0.755. The van der Waals surface area contributed by atoms with Crippen molar-refractivity contribution in [2.75, 3.05) is 39.2 Å². The van der Waals surface area contributed by atoms with Crippen LogP contribution in [0.25, 0.3) is 0 Å². The summed E-state index contributed by atoms with van der Waals surface area (Å²) in [6.07, 6.45) is 2.74. The molecule has 0 unspecified atom stereocenters. The lowest BCUT2D eigenvalue weighted by molar-refractivity contribution is 0.129. The fourth-order valence-electron chi connectivity index (χ4n) is 2.01. The second-order valence-electron chi connectivity index (χ2n) is 5.49. The number of rotatable bonds is 10. The number of hydrogen-bond donors (Lipinski definition) is 3. The fourth-order valence-corrected chi connectivity index (χ4v) is 2.01. The number of nitrogens with one attached hydrogen (secondary N) is 3. The van der Waals surface area contributed by atoms with Crippen LogP contribution in [0.15, 0.2) is 29.3 Å². The molecular weight excluding hydrogens is 320 g/mol. The maximum atomic E-state index is 11.1. The Morgan fingerprint density at radius 2 is 1.84 bits per heavy atom. The van der Waals surface area contributed by atoms with Gasteiger partial charge in [0, 0.05) is 39.0 Å². The van der Waals surface area contributed by atoms with Gasteiger partial charge in [0.2, 0.25) is 0 Å². The van der Waals surface area contributed by atoms with E-state index in [0.717, 1.165) is 50.5 Å². The highest BCUT2D eigenvalue weighted by molar-refractivity contribution is 5.84. The Morgan fingerprint density at radius 1 is 1.12 bits per heavy atom. The Balaban J connectivity index is 2.24. The number of ether oxygens (including phenoxy) is 2. The zero-order chi connectivity index (χ0) is 18.3. The highest BCUT2D eigenvalue weighted by atomic mass is 16.5. The zero-order valence-electron chi connectivity index (χ0n) is 15.4. The average Bonchev–Trinajstić information content (AvgIpc) is 2.64. The minimum Gasteiger partial charge on any atom is -0.453 e. The number of benzene rings is 1. The molecule has 0 heterocycles. The van der Waals surface area contributed by atoms with E-state index in [0.29, 0.717) is 12.2 Å². The number of unbranched alkanes of at least 4 members (excludes halogenated alkanes) is 1. The molecule has 1 aromatic carbocycles. The first-order valence-corrected chi connectivity index (χ1v) is 8.65. The van der Waals surface area contributed by atoms with E-state index in [1.165, 1.54) is 7.11 Å². The molecular formula is C18H30N4O3. The lowest BCUT2D eigenvalue weighted by Gasteiger charge is -2.12. The van der Waals surface area contributed by atoms with Gasteiger partial charge >= 0.3 is 6.09 Å². The molecule has 0 aliphatic heterocycles. The summed E-state index contributed by atoms with van der Waals surface area (Å²) in [7, 11) is 3.08. The maximum absolute atomic E-state index is 11.1. The summed E-state index contributed by atoms with van der Waals surface area (Å²) in [5.41, 5.74) is 1.78. The third kappa shape index (κ3) is 9.56. The molecule has 0 radical (unpaired) electrons. The smallest absolute Gasteiger partial charge is 0.411 e. The van der Waals surface area contributed by atoms with Crippen molar-refractivity contribution < 1.29 is 14.3 Å². The van der Waals surface area contributed by atoms with Gasteiger partial charge in [-0.25, -0.2) is 4.79 Å². The quantitative estimate of drug-likeness (QED) is 0.343. The van der Waals surface area contributed by atoms with Gasteiger partial charge in [0.1, 0.15) is 0 Å². The van der Waals surface area contributed by atoms with Crippen LogP contribution in [0.5, 0.6) is 0 Å². The van der Waals surface area contributed by atoms with Gasteiger partial charge < -0.3 is 20.1 Å². The highest BCUT2D eigenvalue weighted by Crippen LogP contribution is 2.09. The predicted molar refractivity (Wildman–Crippen MR) is 101 cm³/mol. The van der Waals surface area contributed by atoms with E-state index in [2.05, 4.69) is 32.6 Å². The number of guanidine groups is 1. The van der Waals surface area contributed by atoms with Crippen LogP contribution in [0.2, 0.25) is 0 Å². The number of methoxy groups -OCH3 is 1. The SMILES string of the molecule is CCCCOCCCNC(=NC)NCc1ccc(NC(=O)OC)cc1. The van der Waals surface area contributed by atoms with Gasteiger partial charge in [-0.05, 0) is 30.5 Å². The Kier molecular flexibility index (Phi) is 10.8. The summed E-state index contributed by atoms with van der Waals surface area (Å²) < 4.78 is 10.1. The van der Waals surface area contributed by atoms with E-state index >= 15 is 0 Å². The van der Waals surface area contributed by atoms with Gasteiger partial charge in [0.15, 0.2) is 5.96 Å². The lowest BCUT2D eigenvalue weighted by Crippen LogP contribution is -2.37. The van der Waals surface area contributed by atoms with Crippen molar-refractivity contribution in [3.05, 3.63) is 29.8 Å². The molecule has 7 heteroatoms. The number of carbonyl (C=O) groups excluding carboxylic acids is 1. The first-order valence-electron chi connectivity index (χ1n) is 8.65. The monoisotopic (exact) mass is 350 g/mol. The first-order chi connectivity index (χ1) is 12.2. The van der Waals surface area contributed by atoms with Gasteiger partial charge in [-0.3, -0.25) is 10.3 Å². The summed E-state index contributed by atoms with van der Waals surface area (Å²) in [4.78, 5) is 15.3. The number of carbonyl (C=O) groups is 1. The molecule has 7 nitrogen and oxygen atoms in total. The summed E-state index contributed by atoms with van der Waals surface area (Å²) in [6, 6.07) is 7.54. The highest BCUT2D eigenvalue weighted by Gasteiger charge is 2.01. The van der Waals surface area contributed by atoms with Gasteiger partial charge in [-0.1, -0.05) is 25.5 Å². The van der Waals surface area contributed by atoms with E-state index in [-0.39, 0.29) is 0 Å². The number of amides is 1. The molecule has 1 rings (SSSR count). The third-order valence-electron chi connectivity index (χ3n) is 3.47. The number of nitrogens with zero attached hydrogens (tertiary/aromatic N) is 1. The zero-order valence-corrected chi connectivity index (χ0v) is 15.4. The Morgan fingerprint density at radius 3 is 2.48 bits per heavy atom. The van der Waals surface area contributed by atoms with Crippen molar-refractivity contribution in [2.24, 2.45) is 4.99 Å². The molecule has 0 spiro atoms. The molecule has 0 aromatic heterocycles. The van der Waals surface area contributed by atoms with Crippen LogP contribution in [0, 0.1) is 0 Å². The molecule has 25 heavy (non-hydrogen) atoms. The summed E-state index contributed by atoms with van der Waals surface area (Å²) in [6.45, 7) is 5.21. The van der Waals surface area contributed by atoms with Gasteiger partial charge in [-0.2, -0.15) is 0 Å². The molecule has 0 aliphatic rings. The molecule has 0 saturated heterocycles. The summed E-state index contributed by atoms with van der Waals surface area (Å²) in [5, 5.41) is 9.13. The minimum absolute atomic E-state index is 0.478.